The number of anilines is 1. The third-order valence-corrected chi connectivity index (χ3v) is 2.28. The summed E-state index contributed by atoms with van der Waals surface area (Å²) in [5.41, 5.74) is 1.06. The molecule has 0 bridgehead atoms. The number of nitrogens with one attached hydrogen (secondary N) is 1. The standard InChI is InChI=1S/C11H18N2O/c1-9(2)11(5-8-14)13-10-3-6-12-7-4-10/h3-4,6-7,9,11,14H,5,8H2,1-2H3,(H,12,13). The number of aromatic nitrogens is 1. The molecule has 0 saturated heterocycles. The Hall–Kier alpha value is -1.09. The van der Waals surface area contributed by atoms with Crippen molar-refractivity contribution < 1.29 is 5.11 Å². The van der Waals surface area contributed by atoms with Gasteiger partial charge in [-0.2, -0.15) is 0 Å². The van der Waals surface area contributed by atoms with Gasteiger partial charge in [0.1, 0.15) is 0 Å². The summed E-state index contributed by atoms with van der Waals surface area (Å²) in [6.07, 6.45) is 4.30. The number of aliphatic hydroxyl groups excluding tert-OH is 1. The van der Waals surface area contributed by atoms with E-state index < -0.39 is 0 Å². The van der Waals surface area contributed by atoms with Gasteiger partial charge < -0.3 is 10.4 Å². The van der Waals surface area contributed by atoms with Crippen LogP contribution in [-0.2, 0) is 0 Å². The Kier molecular flexibility index (Phi) is 4.40. The third kappa shape index (κ3) is 3.34. The van der Waals surface area contributed by atoms with Crippen molar-refractivity contribution in [3.05, 3.63) is 24.5 Å². The van der Waals surface area contributed by atoms with E-state index in [1.807, 2.05) is 12.1 Å². The van der Waals surface area contributed by atoms with Crippen LogP contribution >= 0.6 is 0 Å². The van der Waals surface area contributed by atoms with Crippen molar-refractivity contribution in [1.29, 1.82) is 0 Å². The van der Waals surface area contributed by atoms with Crippen LogP contribution in [0.4, 0.5) is 5.69 Å². The van der Waals surface area contributed by atoms with E-state index in [-0.39, 0.29) is 6.61 Å². The predicted molar refractivity (Wildman–Crippen MR) is 58.2 cm³/mol. The molecule has 0 aliphatic rings. The summed E-state index contributed by atoms with van der Waals surface area (Å²) in [6, 6.07) is 4.20. The first kappa shape index (κ1) is 11.0. The number of hydrogen-bond acceptors (Lipinski definition) is 3. The Balaban J connectivity index is 2.55. The number of rotatable bonds is 5. The van der Waals surface area contributed by atoms with Crippen LogP contribution in [0.5, 0.6) is 0 Å². The van der Waals surface area contributed by atoms with Crippen molar-refractivity contribution in [3.63, 3.8) is 0 Å². The van der Waals surface area contributed by atoms with E-state index in [2.05, 4.69) is 24.1 Å². The molecule has 0 aliphatic heterocycles. The maximum atomic E-state index is 8.91. The largest absolute Gasteiger partial charge is 0.396 e. The van der Waals surface area contributed by atoms with Gasteiger partial charge in [0.15, 0.2) is 0 Å². The van der Waals surface area contributed by atoms with Gasteiger partial charge in [0.25, 0.3) is 0 Å². The topological polar surface area (TPSA) is 45.1 Å². The quantitative estimate of drug-likeness (QED) is 0.752. The van der Waals surface area contributed by atoms with Crippen LogP contribution in [0.1, 0.15) is 20.3 Å². The van der Waals surface area contributed by atoms with E-state index in [0.717, 1.165) is 12.1 Å². The first-order chi connectivity index (χ1) is 6.74. The van der Waals surface area contributed by atoms with E-state index in [9.17, 15) is 0 Å². The number of pyridine rings is 1. The molecule has 0 saturated carbocycles. The Labute approximate surface area is 85.2 Å². The summed E-state index contributed by atoms with van der Waals surface area (Å²) in [5.74, 6) is 0.510. The monoisotopic (exact) mass is 194 g/mol. The van der Waals surface area contributed by atoms with Crippen molar-refractivity contribution >= 4 is 5.69 Å². The fourth-order valence-corrected chi connectivity index (χ4v) is 1.37. The molecule has 0 aromatic carbocycles. The third-order valence-electron chi connectivity index (χ3n) is 2.28. The molecule has 2 N–H and O–H groups in total. The molecule has 0 aliphatic carbocycles. The van der Waals surface area contributed by atoms with Crippen molar-refractivity contribution in [2.75, 3.05) is 11.9 Å². The van der Waals surface area contributed by atoms with Crippen molar-refractivity contribution in [2.24, 2.45) is 5.92 Å². The smallest absolute Gasteiger partial charge is 0.0450 e. The van der Waals surface area contributed by atoms with E-state index in [1.54, 1.807) is 12.4 Å². The first-order valence-corrected chi connectivity index (χ1v) is 5.01. The van der Waals surface area contributed by atoms with Crippen molar-refractivity contribution in [3.8, 4) is 0 Å². The minimum absolute atomic E-state index is 0.223. The maximum absolute atomic E-state index is 8.91. The van der Waals surface area contributed by atoms with Crippen molar-refractivity contribution in [2.45, 2.75) is 26.3 Å². The normalized spacial score (nSPS) is 12.9. The van der Waals surface area contributed by atoms with Gasteiger partial charge in [0.2, 0.25) is 0 Å². The summed E-state index contributed by atoms with van der Waals surface area (Å²) in [6.45, 7) is 4.52. The summed E-state index contributed by atoms with van der Waals surface area (Å²) in [4.78, 5) is 3.95. The fourth-order valence-electron chi connectivity index (χ4n) is 1.37. The van der Waals surface area contributed by atoms with Gasteiger partial charge in [0.05, 0.1) is 0 Å². The van der Waals surface area contributed by atoms with E-state index in [0.29, 0.717) is 12.0 Å². The van der Waals surface area contributed by atoms with Crippen LogP contribution in [0.3, 0.4) is 0 Å². The number of nitrogens with zero attached hydrogens (tertiary/aromatic N) is 1. The lowest BCUT2D eigenvalue weighted by Crippen LogP contribution is -2.26. The molecule has 14 heavy (non-hydrogen) atoms. The molecule has 1 rings (SSSR count). The van der Waals surface area contributed by atoms with Crippen LogP contribution < -0.4 is 5.32 Å². The summed E-state index contributed by atoms with van der Waals surface area (Å²) in [7, 11) is 0. The molecule has 1 aromatic rings. The number of aliphatic hydroxyl groups is 1. The van der Waals surface area contributed by atoms with Gasteiger partial charge in [-0.15, -0.1) is 0 Å². The molecule has 78 valence electrons. The van der Waals surface area contributed by atoms with E-state index in [4.69, 9.17) is 5.11 Å². The molecular formula is C11H18N2O. The molecule has 0 radical (unpaired) electrons. The Morgan fingerprint density at radius 1 is 1.36 bits per heavy atom. The van der Waals surface area contributed by atoms with E-state index in [1.165, 1.54) is 0 Å². The van der Waals surface area contributed by atoms with Crippen LogP contribution in [0.15, 0.2) is 24.5 Å². The zero-order valence-corrected chi connectivity index (χ0v) is 8.77. The fraction of sp³-hybridized carbons (Fsp3) is 0.545. The molecule has 1 unspecified atom stereocenters. The van der Waals surface area contributed by atoms with Crippen LogP contribution in [0.25, 0.3) is 0 Å². The lowest BCUT2D eigenvalue weighted by Gasteiger charge is -2.22. The zero-order valence-electron chi connectivity index (χ0n) is 8.77. The lowest BCUT2D eigenvalue weighted by molar-refractivity contribution is 0.267. The van der Waals surface area contributed by atoms with Gasteiger partial charge in [-0.3, -0.25) is 4.98 Å². The second-order valence-corrected chi connectivity index (χ2v) is 3.74. The Bertz CT molecular complexity index is 249. The molecule has 1 atom stereocenters. The van der Waals surface area contributed by atoms with Gasteiger partial charge in [-0.25, -0.2) is 0 Å². The summed E-state index contributed by atoms with van der Waals surface area (Å²) >= 11 is 0. The highest BCUT2D eigenvalue weighted by Gasteiger charge is 2.11. The molecule has 1 heterocycles. The van der Waals surface area contributed by atoms with Crippen molar-refractivity contribution in [1.82, 2.24) is 4.98 Å². The summed E-state index contributed by atoms with van der Waals surface area (Å²) < 4.78 is 0. The second-order valence-electron chi connectivity index (χ2n) is 3.74. The Morgan fingerprint density at radius 2 is 2.00 bits per heavy atom. The molecule has 1 aromatic heterocycles. The molecule has 0 spiro atoms. The highest BCUT2D eigenvalue weighted by atomic mass is 16.3. The van der Waals surface area contributed by atoms with Gasteiger partial charge in [-0.05, 0) is 24.5 Å². The SMILES string of the molecule is CC(C)C(CCO)Nc1ccncc1. The van der Waals surface area contributed by atoms with Gasteiger partial charge in [-0.1, -0.05) is 13.8 Å². The average molecular weight is 194 g/mol. The Morgan fingerprint density at radius 3 is 2.50 bits per heavy atom. The lowest BCUT2D eigenvalue weighted by atomic mass is 10.0. The number of hydrogen-bond donors (Lipinski definition) is 2. The molecule has 3 heteroatoms. The zero-order chi connectivity index (χ0) is 10.4. The molecule has 3 nitrogen and oxygen atoms in total. The maximum Gasteiger partial charge on any atom is 0.0450 e. The minimum atomic E-state index is 0.223. The minimum Gasteiger partial charge on any atom is -0.396 e. The average Bonchev–Trinajstić information content (AvgIpc) is 2.18. The molecular weight excluding hydrogens is 176 g/mol. The van der Waals surface area contributed by atoms with Gasteiger partial charge >= 0.3 is 0 Å². The summed E-state index contributed by atoms with van der Waals surface area (Å²) in [5, 5.41) is 12.3. The second kappa shape index (κ2) is 5.60. The van der Waals surface area contributed by atoms with Crippen LogP contribution in [0, 0.1) is 5.92 Å². The molecule has 0 fully saturated rings. The highest BCUT2D eigenvalue weighted by Crippen LogP contribution is 2.13. The highest BCUT2D eigenvalue weighted by molar-refractivity contribution is 5.41. The predicted octanol–water partition coefficient (Wildman–Crippen LogP) is 1.90. The van der Waals surface area contributed by atoms with Crippen LogP contribution in [-0.4, -0.2) is 22.7 Å². The first-order valence-electron chi connectivity index (χ1n) is 5.01. The van der Waals surface area contributed by atoms with Crippen LogP contribution in [0.2, 0.25) is 0 Å². The van der Waals surface area contributed by atoms with E-state index >= 15 is 0 Å². The molecule has 0 amide bonds. The van der Waals surface area contributed by atoms with Gasteiger partial charge in [0, 0.05) is 30.7 Å².